The Morgan fingerprint density at radius 1 is 1.04 bits per heavy atom. The molecule has 0 bridgehead atoms. The van der Waals surface area contributed by atoms with Crippen LogP contribution in [0.4, 0.5) is 0 Å². The average molecular weight is 382 g/mol. The van der Waals surface area contributed by atoms with Crippen LogP contribution in [0.3, 0.4) is 0 Å². The van der Waals surface area contributed by atoms with Gasteiger partial charge in [-0.15, -0.1) is 10.2 Å². The molecular formula is C20H23N5OS. The number of hydrogen-bond acceptors (Lipinski definition) is 5. The lowest BCUT2D eigenvalue weighted by atomic mass is 10.0. The van der Waals surface area contributed by atoms with Crippen molar-refractivity contribution >= 4 is 28.4 Å². The van der Waals surface area contributed by atoms with Gasteiger partial charge in [-0.3, -0.25) is 4.79 Å². The first-order valence-corrected chi connectivity index (χ1v) is 10.3. The Balaban J connectivity index is 1.45. The number of nitrogens with two attached hydrogens (primary N) is 1. The molecule has 0 spiro atoms. The predicted molar refractivity (Wildman–Crippen MR) is 108 cm³/mol. The summed E-state index contributed by atoms with van der Waals surface area (Å²) in [5, 5.41) is 11.4. The number of aromatic nitrogens is 3. The Morgan fingerprint density at radius 3 is 2.67 bits per heavy atom. The fourth-order valence-corrected chi connectivity index (χ4v) is 4.28. The molecule has 1 amide bonds. The summed E-state index contributed by atoms with van der Waals surface area (Å²) < 4.78 is 1.51. The lowest BCUT2D eigenvalue weighted by Crippen LogP contribution is -2.36. The maximum Gasteiger partial charge on any atom is 0.233 e. The summed E-state index contributed by atoms with van der Waals surface area (Å²) in [5.41, 5.74) is 1.16. The monoisotopic (exact) mass is 381 g/mol. The van der Waals surface area contributed by atoms with Crippen molar-refractivity contribution in [3.8, 4) is 0 Å². The second kappa shape index (κ2) is 8.00. The molecule has 2 N–H and O–H groups in total. The lowest BCUT2D eigenvalue weighted by molar-refractivity contribution is -0.129. The molecule has 0 atom stereocenters. The van der Waals surface area contributed by atoms with Crippen LogP contribution in [0, 0.1) is 0 Å². The van der Waals surface area contributed by atoms with Crippen molar-refractivity contribution in [1.82, 2.24) is 19.8 Å². The summed E-state index contributed by atoms with van der Waals surface area (Å²) >= 11 is 1.36. The van der Waals surface area contributed by atoms with Crippen LogP contribution < -0.4 is 5.84 Å². The summed E-state index contributed by atoms with van der Waals surface area (Å²) in [6, 6.07) is 14.5. The van der Waals surface area contributed by atoms with Gasteiger partial charge >= 0.3 is 0 Å². The molecule has 6 nitrogen and oxygen atoms in total. The van der Waals surface area contributed by atoms with Gasteiger partial charge in [0.1, 0.15) is 0 Å². The first-order chi connectivity index (χ1) is 13.2. The van der Waals surface area contributed by atoms with Crippen LogP contribution in [0.5, 0.6) is 0 Å². The first kappa shape index (κ1) is 17.9. The van der Waals surface area contributed by atoms with Crippen LogP contribution in [0.2, 0.25) is 0 Å². The van der Waals surface area contributed by atoms with E-state index in [0.29, 0.717) is 23.2 Å². The highest BCUT2D eigenvalue weighted by Gasteiger charge is 2.18. The molecule has 0 aliphatic carbocycles. The van der Waals surface area contributed by atoms with Crippen molar-refractivity contribution in [1.29, 1.82) is 0 Å². The maximum atomic E-state index is 12.3. The summed E-state index contributed by atoms with van der Waals surface area (Å²) in [6.07, 6.45) is 4.01. The van der Waals surface area contributed by atoms with Gasteiger partial charge in [-0.05, 0) is 35.6 Å². The van der Waals surface area contributed by atoms with Crippen LogP contribution in [-0.2, 0) is 11.2 Å². The summed E-state index contributed by atoms with van der Waals surface area (Å²) in [6.45, 7) is 1.72. The van der Waals surface area contributed by atoms with E-state index >= 15 is 0 Å². The molecule has 0 radical (unpaired) electrons. The van der Waals surface area contributed by atoms with Gasteiger partial charge in [0.25, 0.3) is 0 Å². The fraction of sp³-hybridized carbons (Fsp3) is 0.350. The zero-order valence-corrected chi connectivity index (χ0v) is 16.0. The number of carbonyl (C=O) groups excluding carboxylic acids is 1. The molecule has 1 saturated heterocycles. The standard InChI is InChI=1S/C20H23N5OS/c21-25-18(13-16-9-6-8-15-7-2-3-10-17(15)16)22-23-20(25)27-14-19(26)24-11-4-1-5-12-24/h2-3,6-10H,1,4-5,11-14,21H2. The Morgan fingerprint density at radius 2 is 1.81 bits per heavy atom. The van der Waals surface area contributed by atoms with Crippen molar-refractivity contribution in [3.05, 3.63) is 53.9 Å². The highest BCUT2D eigenvalue weighted by molar-refractivity contribution is 7.99. The minimum Gasteiger partial charge on any atom is -0.342 e. The molecule has 1 aliphatic heterocycles. The molecule has 3 aromatic rings. The van der Waals surface area contributed by atoms with Crippen molar-refractivity contribution in [3.63, 3.8) is 0 Å². The van der Waals surface area contributed by atoms with E-state index in [9.17, 15) is 4.79 Å². The number of nitrogen functional groups attached to an aromatic ring is 1. The second-order valence-electron chi connectivity index (χ2n) is 6.81. The van der Waals surface area contributed by atoms with Crippen LogP contribution in [-0.4, -0.2) is 44.5 Å². The second-order valence-corrected chi connectivity index (χ2v) is 7.76. The minimum absolute atomic E-state index is 0.151. The third-order valence-electron chi connectivity index (χ3n) is 5.00. The summed E-state index contributed by atoms with van der Waals surface area (Å²) in [7, 11) is 0. The topological polar surface area (TPSA) is 77.0 Å². The van der Waals surface area contributed by atoms with E-state index in [0.717, 1.165) is 31.5 Å². The van der Waals surface area contributed by atoms with E-state index in [1.165, 1.54) is 33.6 Å². The summed E-state index contributed by atoms with van der Waals surface area (Å²) in [4.78, 5) is 14.3. The van der Waals surface area contributed by atoms with Gasteiger partial charge in [-0.2, -0.15) is 0 Å². The normalized spacial score (nSPS) is 14.6. The maximum absolute atomic E-state index is 12.3. The van der Waals surface area contributed by atoms with Gasteiger partial charge in [0.2, 0.25) is 11.1 Å². The Hall–Kier alpha value is -2.54. The van der Waals surface area contributed by atoms with Crippen molar-refractivity contribution < 1.29 is 4.79 Å². The quantitative estimate of drug-likeness (QED) is 0.543. The third kappa shape index (κ3) is 3.93. The van der Waals surface area contributed by atoms with Crippen molar-refractivity contribution in [2.75, 3.05) is 24.7 Å². The number of thioether (sulfide) groups is 1. The zero-order chi connectivity index (χ0) is 18.6. The van der Waals surface area contributed by atoms with Gasteiger partial charge in [0.05, 0.1) is 5.75 Å². The number of rotatable bonds is 5. The molecule has 0 saturated carbocycles. The number of benzene rings is 2. The van der Waals surface area contributed by atoms with Crippen LogP contribution in [0.15, 0.2) is 47.6 Å². The van der Waals surface area contributed by atoms with Gasteiger partial charge in [0, 0.05) is 19.5 Å². The molecular weight excluding hydrogens is 358 g/mol. The molecule has 1 aromatic heterocycles. The number of carbonyl (C=O) groups is 1. The van der Waals surface area contributed by atoms with Crippen LogP contribution in [0.25, 0.3) is 10.8 Å². The number of piperidine rings is 1. The Bertz CT molecular complexity index is 943. The molecule has 4 rings (SSSR count). The van der Waals surface area contributed by atoms with E-state index in [4.69, 9.17) is 5.84 Å². The predicted octanol–water partition coefficient (Wildman–Crippen LogP) is 2.84. The molecule has 1 aliphatic rings. The van der Waals surface area contributed by atoms with E-state index in [1.807, 2.05) is 23.1 Å². The first-order valence-electron chi connectivity index (χ1n) is 9.29. The van der Waals surface area contributed by atoms with E-state index < -0.39 is 0 Å². The number of nitrogens with zero attached hydrogens (tertiary/aromatic N) is 4. The number of likely N-dealkylation sites (tertiary alicyclic amines) is 1. The molecule has 2 aromatic carbocycles. The third-order valence-corrected chi connectivity index (χ3v) is 5.92. The summed E-state index contributed by atoms with van der Waals surface area (Å²) in [5.74, 6) is 7.40. The van der Waals surface area contributed by atoms with E-state index in [-0.39, 0.29) is 5.91 Å². The van der Waals surface area contributed by atoms with Crippen molar-refractivity contribution in [2.45, 2.75) is 30.8 Å². The van der Waals surface area contributed by atoms with Gasteiger partial charge in [-0.1, -0.05) is 54.2 Å². The Labute approximate surface area is 162 Å². The molecule has 2 heterocycles. The van der Waals surface area contributed by atoms with Crippen molar-refractivity contribution in [2.24, 2.45) is 0 Å². The molecule has 1 fully saturated rings. The molecule has 140 valence electrons. The van der Waals surface area contributed by atoms with Crippen LogP contribution in [0.1, 0.15) is 30.7 Å². The molecule has 0 unspecified atom stereocenters. The highest BCUT2D eigenvalue weighted by atomic mass is 32.2. The van der Waals surface area contributed by atoms with Crippen LogP contribution >= 0.6 is 11.8 Å². The van der Waals surface area contributed by atoms with E-state index in [1.54, 1.807) is 0 Å². The number of hydrogen-bond donors (Lipinski definition) is 1. The van der Waals surface area contributed by atoms with Gasteiger partial charge in [-0.25, -0.2) is 4.68 Å². The minimum atomic E-state index is 0.151. The number of fused-ring (bicyclic) bond motifs is 1. The average Bonchev–Trinajstić information content (AvgIpc) is 3.06. The fourth-order valence-electron chi connectivity index (χ4n) is 3.50. The molecule has 27 heavy (non-hydrogen) atoms. The Kier molecular flexibility index (Phi) is 5.29. The number of amides is 1. The van der Waals surface area contributed by atoms with Gasteiger partial charge in [0.15, 0.2) is 5.82 Å². The smallest absolute Gasteiger partial charge is 0.233 e. The SMILES string of the molecule is Nn1c(Cc2cccc3ccccc23)nnc1SCC(=O)N1CCCCC1. The van der Waals surface area contributed by atoms with E-state index in [2.05, 4.69) is 34.5 Å². The largest absolute Gasteiger partial charge is 0.342 e. The van der Waals surface area contributed by atoms with Gasteiger partial charge < -0.3 is 10.7 Å². The zero-order valence-electron chi connectivity index (χ0n) is 15.2. The molecule has 7 heteroatoms. The highest BCUT2D eigenvalue weighted by Crippen LogP contribution is 2.22. The lowest BCUT2D eigenvalue weighted by Gasteiger charge is -2.26.